The number of sulfonamides is 1. The molecule has 0 aliphatic heterocycles. The number of aromatic nitrogens is 1. The van der Waals surface area contributed by atoms with Crippen molar-refractivity contribution in [3.05, 3.63) is 45.9 Å². The van der Waals surface area contributed by atoms with Gasteiger partial charge in [-0.15, -0.1) is 11.3 Å². The number of aliphatic hydroxyl groups is 1. The first-order chi connectivity index (χ1) is 9.53. The number of hydrogen-bond donors (Lipinski definition) is 2. The monoisotopic (exact) mass is 312 g/mol. The van der Waals surface area contributed by atoms with Gasteiger partial charge in [0.1, 0.15) is 0 Å². The molecule has 0 saturated heterocycles. The molecule has 20 heavy (non-hydrogen) atoms. The molecular weight excluding hydrogens is 296 g/mol. The van der Waals surface area contributed by atoms with Crippen LogP contribution in [0.1, 0.15) is 15.4 Å². The first kappa shape index (κ1) is 15.1. The summed E-state index contributed by atoms with van der Waals surface area (Å²) in [6, 6.07) is 7.06. The molecule has 108 valence electrons. The van der Waals surface area contributed by atoms with Crippen molar-refractivity contribution in [2.45, 2.75) is 24.8 Å². The molecule has 2 heterocycles. The topological polar surface area (TPSA) is 79.3 Å². The van der Waals surface area contributed by atoms with Crippen LogP contribution in [-0.4, -0.2) is 25.1 Å². The molecule has 0 radical (unpaired) electrons. The van der Waals surface area contributed by atoms with Gasteiger partial charge in [0.15, 0.2) is 0 Å². The number of thiophene rings is 1. The number of pyridine rings is 1. The summed E-state index contributed by atoms with van der Waals surface area (Å²) in [5.74, 6) is 0. The molecule has 0 fully saturated rings. The lowest BCUT2D eigenvalue weighted by atomic mass is 10.3. The van der Waals surface area contributed by atoms with E-state index in [1.807, 2.05) is 18.2 Å². The van der Waals surface area contributed by atoms with Crippen molar-refractivity contribution >= 4 is 21.4 Å². The minimum absolute atomic E-state index is 0.144. The van der Waals surface area contributed by atoms with E-state index in [0.29, 0.717) is 22.7 Å². The Kier molecular flexibility index (Phi) is 4.87. The van der Waals surface area contributed by atoms with Crippen LogP contribution in [0.5, 0.6) is 0 Å². The average molecular weight is 312 g/mol. The van der Waals surface area contributed by atoms with Crippen LogP contribution in [-0.2, 0) is 23.1 Å². The van der Waals surface area contributed by atoms with Crippen molar-refractivity contribution in [3.63, 3.8) is 0 Å². The maximum atomic E-state index is 12.2. The normalized spacial score (nSPS) is 11.7. The van der Waals surface area contributed by atoms with Crippen LogP contribution >= 0.6 is 11.3 Å². The zero-order valence-electron chi connectivity index (χ0n) is 11.0. The lowest BCUT2D eigenvalue weighted by Crippen LogP contribution is -2.26. The first-order valence-electron chi connectivity index (χ1n) is 6.12. The van der Waals surface area contributed by atoms with Crippen molar-refractivity contribution in [1.82, 2.24) is 9.71 Å². The zero-order valence-corrected chi connectivity index (χ0v) is 12.7. The second-order valence-electron chi connectivity index (χ2n) is 4.26. The van der Waals surface area contributed by atoms with Crippen molar-refractivity contribution in [1.29, 1.82) is 0 Å². The SMILES string of the molecule is Cc1sc(CO)cc1S(=O)(=O)NCCc1ccccn1. The number of nitrogens with zero attached hydrogens (tertiary/aromatic N) is 1. The Bertz CT molecular complexity index is 666. The Labute approximate surface area is 122 Å². The van der Waals surface area contributed by atoms with Crippen LogP contribution in [0, 0.1) is 6.92 Å². The fourth-order valence-corrected chi connectivity index (χ4v) is 4.33. The van der Waals surface area contributed by atoms with Crippen LogP contribution in [0.2, 0.25) is 0 Å². The summed E-state index contributed by atoms with van der Waals surface area (Å²) in [5.41, 5.74) is 0.841. The van der Waals surface area contributed by atoms with Gasteiger partial charge < -0.3 is 5.11 Å². The lowest BCUT2D eigenvalue weighted by molar-refractivity contribution is 0.285. The van der Waals surface area contributed by atoms with E-state index in [1.54, 1.807) is 13.1 Å². The molecule has 5 nitrogen and oxygen atoms in total. The maximum Gasteiger partial charge on any atom is 0.241 e. The molecule has 7 heteroatoms. The summed E-state index contributed by atoms with van der Waals surface area (Å²) < 4.78 is 26.9. The number of nitrogens with one attached hydrogen (secondary N) is 1. The summed E-state index contributed by atoms with van der Waals surface area (Å²) in [7, 11) is -3.53. The summed E-state index contributed by atoms with van der Waals surface area (Å²) in [5, 5.41) is 9.05. The molecule has 0 saturated carbocycles. The third-order valence-corrected chi connectivity index (χ3v) is 5.52. The molecule has 0 aromatic carbocycles. The molecule has 0 aliphatic rings. The highest BCUT2D eigenvalue weighted by atomic mass is 32.2. The zero-order chi connectivity index (χ0) is 14.6. The van der Waals surface area contributed by atoms with E-state index in [9.17, 15) is 8.42 Å². The highest BCUT2D eigenvalue weighted by Crippen LogP contribution is 2.25. The summed E-state index contributed by atoms with van der Waals surface area (Å²) >= 11 is 1.29. The predicted octanol–water partition coefficient (Wildman–Crippen LogP) is 1.46. The van der Waals surface area contributed by atoms with E-state index >= 15 is 0 Å². The van der Waals surface area contributed by atoms with E-state index in [-0.39, 0.29) is 11.5 Å². The molecule has 0 atom stereocenters. The first-order valence-corrected chi connectivity index (χ1v) is 8.42. The van der Waals surface area contributed by atoms with Crippen LogP contribution in [0.3, 0.4) is 0 Å². The van der Waals surface area contributed by atoms with Gasteiger partial charge in [-0.1, -0.05) is 6.07 Å². The number of hydrogen-bond acceptors (Lipinski definition) is 5. The van der Waals surface area contributed by atoms with Crippen molar-refractivity contribution < 1.29 is 13.5 Å². The van der Waals surface area contributed by atoms with Gasteiger partial charge >= 0.3 is 0 Å². The Morgan fingerprint density at radius 2 is 2.20 bits per heavy atom. The fourth-order valence-electron chi connectivity index (χ4n) is 1.81. The predicted molar refractivity (Wildman–Crippen MR) is 78.1 cm³/mol. The molecule has 2 N–H and O–H groups in total. The highest BCUT2D eigenvalue weighted by molar-refractivity contribution is 7.89. The molecule has 0 bridgehead atoms. The van der Waals surface area contributed by atoms with Gasteiger partial charge in [0.25, 0.3) is 0 Å². The van der Waals surface area contributed by atoms with Crippen molar-refractivity contribution in [2.75, 3.05) is 6.54 Å². The lowest BCUT2D eigenvalue weighted by Gasteiger charge is -2.05. The molecule has 2 aromatic heterocycles. The van der Waals surface area contributed by atoms with E-state index in [1.165, 1.54) is 17.4 Å². The third kappa shape index (κ3) is 3.63. The van der Waals surface area contributed by atoms with Gasteiger partial charge in [-0.05, 0) is 25.1 Å². The standard InChI is InChI=1S/C13H16N2O3S2/c1-10-13(8-12(9-16)19-10)20(17,18)15-7-5-11-4-2-3-6-14-11/h2-4,6,8,15-16H,5,7,9H2,1H3. The second kappa shape index (κ2) is 6.45. The van der Waals surface area contributed by atoms with Gasteiger partial charge in [-0.3, -0.25) is 4.98 Å². The van der Waals surface area contributed by atoms with Gasteiger partial charge in [0, 0.05) is 34.6 Å². The summed E-state index contributed by atoms with van der Waals surface area (Å²) in [6.07, 6.45) is 2.22. The van der Waals surface area contributed by atoms with E-state index < -0.39 is 10.0 Å². The third-order valence-electron chi connectivity index (χ3n) is 2.77. The number of rotatable bonds is 6. The Hall–Kier alpha value is -1.28. The summed E-state index contributed by atoms with van der Waals surface area (Å²) in [4.78, 5) is 5.71. The van der Waals surface area contributed by atoms with Crippen LogP contribution in [0.15, 0.2) is 35.4 Å². The number of aliphatic hydroxyl groups excluding tert-OH is 1. The van der Waals surface area contributed by atoms with Crippen molar-refractivity contribution in [2.24, 2.45) is 0 Å². The molecule has 0 spiro atoms. The van der Waals surface area contributed by atoms with Crippen LogP contribution in [0.25, 0.3) is 0 Å². The average Bonchev–Trinajstić information content (AvgIpc) is 2.82. The fraction of sp³-hybridized carbons (Fsp3) is 0.308. The second-order valence-corrected chi connectivity index (χ2v) is 7.34. The van der Waals surface area contributed by atoms with Crippen LogP contribution in [0.4, 0.5) is 0 Å². The van der Waals surface area contributed by atoms with Gasteiger partial charge in [-0.25, -0.2) is 13.1 Å². The van der Waals surface area contributed by atoms with Crippen molar-refractivity contribution in [3.8, 4) is 0 Å². The van der Waals surface area contributed by atoms with E-state index in [2.05, 4.69) is 9.71 Å². The Balaban J connectivity index is 2.02. The minimum Gasteiger partial charge on any atom is -0.391 e. The molecule has 0 amide bonds. The maximum absolute atomic E-state index is 12.2. The molecular formula is C13H16N2O3S2. The van der Waals surface area contributed by atoms with E-state index in [4.69, 9.17) is 5.11 Å². The molecule has 2 rings (SSSR count). The minimum atomic E-state index is -3.53. The van der Waals surface area contributed by atoms with Gasteiger partial charge in [-0.2, -0.15) is 0 Å². The van der Waals surface area contributed by atoms with Gasteiger partial charge in [0.2, 0.25) is 10.0 Å². The van der Waals surface area contributed by atoms with Crippen LogP contribution < -0.4 is 4.72 Å². The smallest absolute Gasteiger partial charge is 0.241 e. The molecule has 0 unspecified atom stereocenters. The Morgan fingerprint density at radius 1 is 1.40 bits per heavy atom. The number of aryl methyl sites for hydroxylation is 1. The summed E-state index contributed by atoms with van der Waals surface area (Å²) in [6.45, 7) is 1.88. The van der Waals surface area contributed by atoms with E-state index in [0.717, 1.165) is 5.69 Å². The highest BCUT2D eigenvalue weighted by Gasteiger charge is 2.19. The quantitative estimate of drug-likeness (QED) is 0.846. The molecule has 0 aliphatic carbocycles. The Morgan fingerprint density at radius 3 is 2.80 bits per heavy atom. The largest absolute Gasteiger partial charge is 0.391 e. The van der Waals surface area contributed by atoms with Gasteiger partial charge in [0.05, 0.1) is 11.5 Å². The molecule has 2 aromatic rings.